The Morgan fingerprint density at radius 1 is 1.32 bits per heavy atom. The molecular formula is C19H18FN5O3. The van der Waals surface area contributed by atoms with E-state index in [9.17, 15) is 9.18 Å². The van der Waals surface area contributed by atoms with Crippen LogP contribution in [0.1, 0.15) is 5.56 Å². The average molecular weight is 383 g/mol. The lowest BCUT2D eigenvalue weighted by atomic mass is 10.0. The molecule has 0 aliphatic carbocycles. The van der Waals surface area contributed by atoms with Gasteiger partial charge in [0.05, 0.1) is 12.9 Å². The van der Waals surface area contributed by atoms with Crippen molar-refractivity contribution in [3.8, 4) is 28.4 Å². The molecule has 8 nitrogen and oxygen atoms in total. The lowest BCUT2D eigenvalue weighted by molar-refractivity contribution is 0.174. The summed E-state index contributed by atoms with van der Waals surface area (Å²) in [5, 5.41) is 4.01. The van der Waals surface area contributed by atoms with Crippen molar-refractivity contribution in [3.05, 3.63) is 64.7 Å². The number of fused-ring (bicyclic) bond motifs is 1. The number of benzene rings is 1. The van der Waals surface area contributed by atoms with Crippen LogP contribution in [0.2, 0.25) is 0 Å². The number of pyridine rings is 1. The molecule has 1 aromatic carbocycles. The van der Waals surface area contributed by atoms with E-state index in [0.29, 0.717) is 23.6 Å². The molecule has 2 N–H and O–H groups in total. The Labute approximate surface area is 159 Å². The number of aromatic nitrogens is 4. The zero-order valence-electron chi connectivity index (χ0n) is 15.1. The fourth-order valence-corrected chi connectivity index (χ4v) is 2.98. The van der Waals surface area contributed by atoms with E-state index < -0.39 is 5.69 Å². The third-order valence-electron chi connectivity index (χ3n) is 4.53. The van der Waals surface area contributed by atoms with Gasteiger partial charge in [-0.25, -0.2) is 23.4 Å². The maximum atomic E-state index is 12.7. The highest BCUT2D eigenvalue weighted by Gasteiger charge is 2.16. The molecule has 28 heavy (non-hydrogen) atoms. The van der Waals surface area contributed by atoms with Crippen molar-refractivity contribution in [2.45, 2.75) is 13.5 Å². The van der Waals surface area contributed by atoms with E-state index in [1.807, 2.05) is 25.1 Å². The molecule has 4 rings (SSSR count). The normalized spacial score (nSPS) is 13.2. The number of hydrogen-bond acceptors (Lipinski definition) is 6. The van der Waals surface area contributed by atoms with E-state index in [0.717, 1.165) is 21.4 Å². The Balaban J connectivity index is 1.65. The highest BCUT2D eigenvalue weighted by molar-refractivity contribution is 5.70. The van der Waals surface area contributed by atoms with Crippen molar-refractivity contribution >= 4 is 0 Å². The summed E-state index contributed by atoms with van der Waals surface area (Å²) in [5.41, 5.74) is 8.06. The lowest BCUT2D eigenvalue weighted by Crippen LogP contribution is -2.26. The van der Waals surface area contributed by atoms with Crippen LogP contribution in [0.15, 0.2) is 53.5 Å². The Kier molecular flexibility index (Phi) is 4.66. The number of ether oxygens (including phenoxy) is 2. The van der Waals surface area contributed by atoms with E-state index in [1.165, 1.54) is 10.9 Å². The molecule has 0 saturated carbocycles. The second-order valence-electron chi connectivity index (χ2n) is 6.34. The number of halogens is 1. The Morgan fingerprint density at radius 3 is 2.89 bits per heavy atom. The van der Waals surface area contributed by atoms with Gasteiger partial charge in [0, 0.05) is 18.3 Å². The van der Waals surface area contributed by atoms with Gasteiger partial charge in [0.2, 0.25) is 6.79 Å². The zero-order valence-corrected chi connectivity index (χ0v) is 15.1. The highest BCUT2D eigenvalue weighted by atomic mass is 19.1. The fourth-order valence-electron chi connectivity index (χ4n) is 2.98. The second-order valence-corrected chi connectivity index (χ2v) is 6.34. The average Bonchev–Trinajstić information content (AvgIpc) is 3.32. The summed E-state index contributed by atoms with van der Waals surface area (Å²) in [4.78, 5) is 16.9. The van der Waals surface area contributed by atoms with Gasteiger partial charge < -0.3 is 15.2 Å². The van der Waals surface area contributed by atoms with Crippen LogP contribution in [-0.4, -0.2) is 32.7 Å². The first-order valence-corrected chi connectivity index (χ1v) is 8.60. The lowest BCUT2D eigenvalue weighted by Gasteiger charge is -2.09. The molecule has 1 aliphatic rings. The first kappa shape index (κ1) is 17.9. The van der Waals surface area contributed by atoms with Gasteiger partial charge in [-0.1, -0.05) is 6.07 Å². The van der Waals surface area contributed by atoms with Crippen molar-refractivity contribution < 1.29 is 13.9 Å². The van der Waals surface area contributed by atoms with Crippen molar-refractivity contribution in [2.24, 2.45) is 5.73 Å². The summed E-state index contributed by atoms with van der Waals surface area (Å²) in [7, 11) is 0. The van der Waals surface area contributed by atoms with Crippen LogP contribution in [0.5, 0.6) is 11.5 Å². The predicted molar refractivity (Wildman–Crippen MR) is 100 cm³/mol. The molecule has 0 saturated heterocycles. The summed E-state index contributed by atoms with van der Waals surface area (Å²) in [6.45, 7) is 2.15. The van der Waals surface area contributed by atoms with E-state index >= 15 is 0 Å². The van der Waals surface area contributed by atoms with Gasteiger partial charge in [-0.2, -0.15) is 5.10 Å². The third-order valence-corrected chi connectivity index (χ3v) is 4.53. The van der Waals surface area contributed by atoms with Crippen LogP contribution < -0.4 is 20.9 Å². The summed E-state index contributed by atoms with van der Waals surface area (Å²) < 4.78 is 25.9. The number of rotatable bonds is 5. The van der Waals surface area contributed by atoms with Crippen LogP contribution in [-0.2, 0) is 6.54 Å². The van der Waals surface area contributed by atoms with E-state index in [-0.39, 0.29) is 25.5 Å². The Morgan fingerprint density at radius 2 is 2.14 bits per heavy atom. The van der Waals surface area contributed by atoms with Gasteiger partial charge in [-0.15, -0.1) is 0 Å². The summed E-state index contributed by atoms with van der Waals surface area (Å²) >= 11 is 0. The van der Waals surface area contributed by atoms with Crippen LogP contribution in [0.25, 0.3) is 16.9 Å². The molecule has 0 unspecified atom stereocenters. The molecule has 0 amide bonds. The van der Waals surface area contributed by atoms with Crippen molar-refractivity contribution in [2.75, 3.05) is 13.3 Å². The third kappa shape index (κ3) is 3.16. The monoisotopic (exact) mass is 383 g/mol. The topological polar surface area (TPSA) is 97.2 Å². The van der Waals surface area contributed by atoms with Gasteiger partial charge in [-0.3, -0.25) is 0 Å². The quantitative estimate of drug-likeness (QED) is 0.723. The van der Waals surface area contributed by atoms with E-state index in [4.69, 9.17) is 15.2 Å². The molecule has 0 fully saturated rings. The van der Waals surface area contributed by atoms with Gasteiger partial charge in [0.25, 0.3) is 0 Å². The molecule has 0 radical (unpaired) electrons. The first-order valence-electron chi connectivity index (χ1n) is 8.60. The number of hydrogen-bond donors (Lipinski definition) is 1. The van der Waals surface area contributed by atoms with Crippen LogP contribution in [0.4, 0.5) is 4.39 Å². The van der Waals surface area contributed by atoms with Gasteiger partial charge in [0.1, 0.15) is 12.1 Å². The fraction of sp³-hybridized carbons (Fsp3) is 0.211. The van der Waals surface area contributed by atoms with Crippen LogP contribution in [0, 0.1) is 6.92 Å². The van der Waals surface area contributed by atoms with Gasteiger partial charge >= 0.3 is 5.69 Å². The molecule has 0 atom stereocenters. The SMILES string of the molecule is Cc1cc(-n2cnn(C/C(=C/F)CN)c2=O)ncc1-c1ccc2c(c1)OCO2. The smallest absolute Gasteiger partial charge is 0.351 e. The second kappa shape index (κ2) is 7.28. The van der Waals surface area contributed by atoms with Gasteiger partial charge in [0.15, 0.2) is 11.5 Å². The van der Waals surface area contributed by atoms with Crippen LogP contribution >= 0.6 is 0 Å². The number of aryl methyl sites for hydroxylation is 1. The molecule has 3 heterocycles. The van der Waals surface area contributed by atoms with Crippen molar-refractivity contribution in [1.29, 1.82) is 0 Å². The molecule has 9 heteroatoms. The standard InChI is InChI=1S/C19H18FN5O3/c1-12-4-18(24-10-23-25(19(24)26)9-13(6-20)7-21)22-8-15(12)14-2-3-16-17(5-14)28-11-27-16/h2-6,8,10H,7,9,11,21H2,1H3/b13-6+. The molecule has 0 bridgehead atoms. The minimum atomic E-state index is -0.421. The molecule has 3 aromatic rings. The minimum Gasteiger partial charge on any atom is -0.454 e. The van der Waals surface area contributed by atoms with Gasteiger partial charge in [-0.05, 0) is 41.8 Å². The molecule has 2 aromatic heterocycles. The maximum Gasteiger partial charge on any atom is 0.351 e. The summed E-state index contributed by atoms with van der Waals surface area (Å²) in [6.07, 6.45) is 3.45. The predicted octanol–water partition coefficient (Wildman–Crippen LogP) is 1.95. The van der Waals surface area contributed by atoms with Crippen molar-refractivity contribution in [3.63, 3.8) is 0 Å². The van der Waals surface area contributed by atoms with E-state index in [2.05, 4.69) is 10.1 Å². The maximum absolute atomic E-state index is 12.7. The first-order chi connectivity index (χ1) is 13.6. The number of nitrogens with zero attached hydrogens (tertiary/aromatic N) is 4. The molecule has 1 aliphatic heterocycles. The minimum absolute atomic E-state index is 0.00685. The molecule has 144 valence electrons. The highest BCUT2D eigenvalue weighted by Crippen LogP contribution is 2.36. The summed E-state index contributed by atoms with van der Waals surface area (Å²) in [5.74, 6) is 1.83. The Hall–Kier alpha value is -3.46. The molecule has 0 spiro atoms. The summed E-state index contributed by atoms with van der Waals surface area (Å²) in [6, 6.07) is 7.47. The van der Waals surface area contributed by atoms with E-state index in [1.54, 1.807) is 12.3 Å². The number of nitrogens with two attached hydrogens (primary N) is 1. The van der Waals surface area contributed by atoms with Crippen LogP contribution in [0.3, 0.4) is 0 Å². The molecular weight excluding hydrogens is 365 g/mol. The largest absolute Gasteiger partial charge is 0.454 e. The zero-order chi connectivity index (χ0) is 19.7. The Bertz CT molecular complexity index is 1120. The van der Waals surface area contributed by atoms with Crippen molar-refractivity contribution in [1.82, 2.24) is 19.3 Å².